The SMILES string of the molecule is C[C@@H](CNC(=O)Nc1ccc(-n2cncn2)nc1)N1CCCC1. The topological polar surface area (TPSA) is 88.0 Å². The Hall–Kier alpha value is -2.48. The quantitative estimate of drug-likeness (QED) is 0.867. The summed E-state index contributed by atoms with van der Waals surface area (Å²) in [5.74, 6) is 0.649. The van der Waals surface area contributed by atoms with Gasteiger partial charge < -0.3 is 10.6 Å². The summed E-state index contributed by atoms with van der Waals surface area (Å²) in [6.45, 7) is 5.02. The molecule has 2 amide bonds. The lowest BCUT2D eigenvalue weighted by atomic mass is 10.3. The Kier molecular flexibility index (Phi) is 4.82. The second-order valence-corrected chi connectivity index (χ2v) is 5.67. The second-order valence-electron chi connectivity index (χ2n) is 5.67. The van der Waals surface area contributed by atoms with E-state index in [2.05, 4.69) is 37.5 Å². The fourth-order valence-corrected chi connectivity index (χ4v) is 2.65. The molecule has 3 rings (SSSR count). The summed E-state index contributed by atoms with van der Waals surface area (Å²) in [6, 6.07) is 3.70. The van der Waals surface area contributed by atoms with E-state index >= 15 is 0 Å². The zero-order valence-electron chi connectivity index (χ0n) is 13.1. The molecule has 3 heterocycles. The Morgan fingerprint density at radius 2 is 2.17 bits per heavy atom. The molecule has 0 aromatic carbocycles. The molecule has 0 spiro atoms. The summed E-state index contributed by atoms with van der Waals surface area (Å²) in [5, 5.41) is 9.69. The summed E-state index contributed by atoms with van der Waals surface area (Å²) >= 11 is 0. The maximum absolute atomic E-state index is 11.9. The van der Waals surface area contributed by atoms with Crippen LogP contribution in [0.5, 0.6) is 0 Å². The zero-order chi connectivity index (χ0) is 16.1. The number of amides is 2. The lowest BCUT2D eigenvalue weighted by Crippen LogP contribution is -2.42. The van der Waals surface area contributed by atoms with Gasteiger partial charge in [-0.05, 0) is 45.0 Å². The lowest BCUT2D eigenvalue weighted by molar-refractivity contribution is 0.234. The van der Waals surface area contributed by atoms with Crippen LogP contribution in [0.25, 0.3) is 5.82 Å². The molecule has 122 valence electrons. The van der Waals surface area contributed by atoms with Crippen molar-refractivity contribution in [1.82, 2.24) is 30.0 Å². The van der Waals surface area contributed by atoms with Crippen LogP contribution in [0.2, 0.25) is 0 Å². The van der Waals surface area contributed by atoms with E-state index in [9.17, 15) is 4.79 Å². The molecule has 2 aromatic rings. The van der Waals surface area contributed by atoms with Crippen molar-refractivity contribution in [1.29, 1.82) is 0 Å². The molecule has 0 unspecified atom stereocenters. The maximum Gasteiger partial charge on any atom is 0.319 e. The molecule has 1 aliphatic rings. The predicted molar refractivity (Wildman–Crippen MR) is 86.4 cm³/mol. The molecular weight excluding hydrogens is 294 g/mol. The first-order valence-electron chi connectivity index (χ1n) is 7.82. The van der Waals surface area contributed by atoms with Crippen LogP contribution in [0.3, 0.4) is 0 Å². The van der Waals surface area contributed by atoms with Crippen LogP contribution in [-0.2, 0) is 0 Å². The Balaban J connectivity index is 1.47. The average molecular weight is 315 g/mol. The van der Waals surface area contributed by atoms with Crippen molar-refractivity contribution in [3.05, 3.63) is 31.0 Å². The van der Waals surface area contributed by atoms with Crippen molar-refractivity contribution >= 4 is 11.7 Å². The number of aromatic nitrogens is 4. The molecule has 1 fully saturated rings. The van der Waals surface area contributed by atoms with Gasteiger partial charge in [-0.15, -0.1) is 0 Å². The van der Waals surface area contributed by atoms with Crippen molar-refractivity contribution in [3.63, 3.8) is 0 Å². The number of carbonyl (C=O) groups excluding carboxylic acids is 1. The van der Waals surface area contributed by atoms with Crippen LogP contribution in [0.15, 0.2) is 31.0 Å². The maximum atomic E-state index is 11.9. The monoisotopic (exact) mass is 315 g/mol. The number of hydrogen-bond acceptors (Lipinski definition) is 5. The van der Waals surface area contributed by atoms with E-state index in [0.29, 0.717) is 24.1 Å². The van der Waals surface area contributed by atoms with E-state index in [4.69, 9.17) is 0 Å². The number of nitrogens with one attached hydrogen (secondary N) is 2. The number of carbonyl (C=O) groups is 1. The van der Waals surface area contributed by atoms with Crippen molar-refractivity contribution in [2.45, 2.75) is 25.8 Å². The summed E-state index contributed by atoms with van der Waals surface area (Å²) in [7, 11) is 0. The third kappa shape index (κ3) is 4.04. The number of rotatable bonds is 5. The third-order valence-electron chi connectivity index (χ3n) is 3.98. The molecule has 2 N–H and O–H groups in total. The normalized spacial score (nSPS) is 16.2. The van der Waals surface area contributed by atoms with Gasteiger partial charge in [0.15, 0.2) is 5.82 Å². The molecule has 1 aliphatic heterocycles. The van der Waals surface area contributed by atoms with E-state index in [1.54, 1.807) is 29.3 Å². The van der Waals surface area contributed by atoms with Gasteiger partial charge in [0.05, 0.1) is 11.9 Å². The highest BCUT2D eigenvalue weighted by Gasteiger charge is 2.18. The van der Waals surface area contributed by atoms with Gasteiger partial charge in [0, 0.05) is 12.6 Å². The lowest BCUT2D eigenvalue weighted by Gasteiger charge is -2.23. The Bertz CT molecular complexity index is 620. The molecule has 0 saturated carbocycles. The van der Waals surface area contributed by atoms with E-state index < -0.39 is 0 Å². The van der Waals surface area contributed by atoms with E-state index in [-0.39, 0.29) is 6.03 Å². The Labute approximate surface area is 134 Å². The van der Waals surface area contributed by atoms with Gasteiger partial charge in [0.2, 0.25) is 0 Å². The highest BCUT2D eigenvalue weighted by molar-refractivity contribution is 5.89. The fraction of sp³-hybridized carbons (Fsp3) is 0.467. The van der Waals surface area contributed by atoms with Crippen LogP contribution in [0.4, 0.5) is 10.5 Å². The van der Waals surface area contributed by atoms with Crippen LogP contribution < -0.4 is 10.6 Å². The number of pyridine rings is 1. The standard InChI is InChI=1S/C15H21N7O/c1-12(21-6-2-3-7-21)8-18-15(23)20-13-4-5-14(17-9-13)22-11-16-10-19-22/h4-5,9-12H,2-3,6-8H2,1H3,(H2,18,20,23)/t12-/m0/s1. The molecule has 23 heavy (non-hydrogen) atoms. The third-order valence-corrected chi connectivity index (χ3v) is 3.98. The molecule has 1 saturated heterocycles. The molecule has 0 aliphatic carbocycles. The smallest absolute Gasteiger partial charge is 0.319 e. The first-order valence-corrected chi connectivity index (χ1v) is 7.82. The Morgan fingerprint density at radius 3 is 2.83 bits per heavy atom. The molecule has 2 aromatic heterocycles. The summed E-state index contributed by atoms with van der Waals surface area (Å²) in [6.07, 6.45) is 7.12. The van der Waals surface area contributed by atoms with Gasteiger partial charge in [-0.2, -0.15) is 5.10 Å². The molecule has 8 heteroatoms. The highest BCUT2D eigenvalue weighted by atomic mass is 16.2. The molecule has 0 radical (unpaired) electrons. The van der Waals surface area contributed by atoms with Crippen LogP contribution in [0, 0.1) is 0 Å². The van der Waals surface area contributed by atoms with Gasteiger partial charge >= 0.3 is 6.03 Å². The van der Waals surface area contributed by atoms with Crippen molar-refractivity contribution < 1.29 is 4.79 Å². The summed E-state index contributed by atoms with van der Waals surface area (Å²) in [5.41, 5.74) is 0.639. The second kappa shape index (κ2) is 7.19. The number of urea groups is 1. The summed E-state index contributed by atoms with van der Waals surface area (Å²) < 4.78 is 1.56. The van der Waals surface area contributed by atoms with Crippen LogP contribution >= 0.6 is 0 Å². The first-order chi connectivity index (χ1) is 11.2. The zero-order valence-corrected chi connectivity index (χ0v) is 13.1. The minimum atomic E-state index is -0.216. The van der Waals surface area contributed by atoms with Gasteiger partial charge in [0.1, 0.15) is 12.7 Å². The van der Waals surface area contributed by atoms with Crippen molar-refractivity contribution in [2.75, 3.05) is 25.0 Å². The van der Waals surface area contributed by atoms with Crippen molar-refractivity contribution in [2.24, 2.45) is 0 Å². The van der Waals surface area contributed by atoms with Gasteiger partial charge in [-0.1, -0.05) is 0 Å². The van der Waals surface area contributed by atoms with Crippen molar-refractivity contribution in [3.8, 4) is 5.82 Å². The van der Waals surface area contributed by atoms with E-state index in [1.165, 1.54) is 19.2 Å². The van der Waals surface area contributed by atoms with Gasteiger partial charge in [0.25, 0.3) is 0 Å². The molecular formula is C15H21N7O. The number of anilines is 1. The average Bonchev–Trinajstić information content (AvgIpc) is 3.26. The van der Waals surface area contributed by atoms with Gasteiger partial charge in [-0.3, -0.25) is 4.90 Å². The fourth-order valence-electron chi connectivity index (χ4n) is 2.65. The van der Waals surface area contributed by atoms with Crippen LogP contribution in [-0.4, -0.2) is 56.4 Å². The number of likely N-dealkylation sites (tertiary alicyclic amines) is 1. The highest BCUT2D eigenvalue weighted by Crippen LogP contribution is 2.11. The van der Waals surface area contributed by atoms with Gasteiger partial charge in [-0.25, -0.2) is 19.4 Å². The molecule has 0 bridgehead atoms. The predicted octanol–water partition coefficient (Wildman–Crippen LogP) is 1.27. The largest absolute Gasteiger partial charge is 0.336 e. The minimum Gasteiger partial charge on any atom is -0.336 e. The first kappa shape index (κ1) is 15.4. The van der Waals surface area contributed by atoms with E-state index in [0.717, 1.165) is 13.1 Å². The molecule has 8 nitrogen and oxygen atoms in total. The number of nitrogens with zero attached hydrogens (tertiary/aromatic N) is 5. The molecule has 1 atom stereocenters. The number of hydrogen-bond donors (Lipinski definition) is 2. The van der Waals surface area contributed by atoms with Crippen LogP contribution in [0.1, 0.15) is 19.8 Å². The van der Waals surface area contributed by atoms with E-state index in [1.807, 2.05) is 0 Å². The summed E-state index contributed by atoms with van der Waals surface area (Å²) in [4.78, 5) is 22.5. The minimum absolute atomic E-state index is 0.216. The Morgan fingerprint density at radius 1 is 1.35 bits per heavy atom.